The van der Waals surface area contributed by atoms with Crippen LogP contribution in [0.15, 0.2) is 48.5 Å². The molecule has 0 bridgehead atoms. The highest BCUT2D eigenvalue weighted by molar-refractivity contribution is 5.89. The number of piperidine rings is 1. The number of anilines is 1. The number of benzene rings is 2. The number of nitrogens with one attached hydrogen (secondary N) is 1. The number of rotatable bonds is 8. The first-order valence-electron chi connectivity index (χ1n) is 13.5. The molecule has 2 aromatic carbocycles. The van der Waals surface area contributed by atoms with Crippen molar-refractivity contribution in [2.24, 2.45) is 0 Å². The van der Waals surface area contributed by atoms with Crippen LogP contribution in [-0.2, 0) is 6.42 Å². The zero-order chi connectivity index (χ0) is 23.3. The average molecular weight is 459 g/mol. The summed E-state index contributed by atoms with van der Waals surface area (Å²) >= 11 is 0. The van der Waals surface area contributed by atoms with Gasteiger partial charge >= 0.3 is 0 Å². The van der Waals surface area contributed by atoms with Gasteiger partial charge in [0.15, 0.2) is 0 Å². The first kappa shape index (κ1) is 23.6. The van der Waals surface area contributed by atoms with Crippen LogP contribution in [0.4, 0.5) is 5.69 Å². The summed E-state index contributed by atoms with van der Waals surface area (Å²) in [5.41, 5.74) is 7.04. The highest BCUT2D eigenvalue weighted by Gasteiger charge is 2.21. The van der Waals surface area contributed by atoms with E-state index in [1.54, 1.807) is 0 Å². The molecular weight excluding hydrogens is 416 g/mol. The second kappa shape index (κ2) is 11.1. The molecule has 0 saturated carbocycles. The van der Waals surface area contributed by atoms with Crippen molar-refractivity contribution < 1.29 is 0 Å². The molecule has 1 aliphatic carbocycles. The summed E-state index contributed by atoms with van der Waals surface area (Å²) in [6.07, 6.45) is 7.17. The fourth-order valence-electron chi connectivity index (χ4n) is 5.82. The van der Waals surface area contributed by atoms with Crippen molar-refractivity contribution in [2.75, 3.05) is 57.3 Å². The number of fused-ring (bicyclic) bond motifs is 1. The molecule has 0 spiro atoms. The Morgan fingerprint density at radius 2 is 1.71 bits per heavy atom. The van der Waals surface area contributed by atoms with Crippen LogP contribution in [0.1, 0.15) is 49.8 Å². The second-order valence-electron chi connectivity index (χ2n) is 10.6. The van der Waals surface area contributed by atoms with Gasteiger partial charge in [-0.25, -0.2) is 0 Å². The molecule has 2 fully saturated rings. The lowest BCUT2D eigenvalue weighted by Crippen LogP contribution is -2.49. The summed E-state index contributed by atoms with van der Waals surface area (Å²) in [6, 6.07) is 19.4. The minimum atomic E-state index is 0.671. The first-order chi connectivity index (χ1) is 16.7. The molecule has 0 atom stereocenters. The van der Waals surface area contributed by atoms with E-state index in [1.165, 1.54) is 79.9 Å². The standard InChI is InChI=1S/C30H42N4/c1-24(2)33-19-17-32(18-20-33)14-6-13-31-29-11-15-34(16-12-29)30-10-5-9-27(23-30)28-21-25-7-3-4-8-26(25)22-28/h3-5,7-10,21,23-24,29,31H,6,11-20,22H2,1-2H3. The van der Waals surface area contributed by atoms with E-state index in [0.717, 1.165) is 26.1 Å². The normalized spacial score (nSPS) is 20.1. The largest absolute Gasteiger partial charge is 0.371 e. The van der Waals surface area contributed by atoms with E-state index in [4.69, 9.17) is 0 Å². The molecule has 34 heavy (non-hydrogen) atoms. The first-order valence-corrected chi connectivity index (χ1v) is 13.5. The van der Waals surface area contributed by atoms with Crippen LogP contribution in [0.3, 0.4) is 0 Å². The van der Waals surface area contributed by atoms with Crippen LogP contribution in [0.5, 0.6) is 0 Å². The topological polar surface area (TPSA) is 21.8 Å². The molecule has 0 unspecified atom stereocenters. The molecule has 2 aliphatic heterocycles. The predicted molar refractivity (Wildman–Crippen MR) is 145 cm³/mol. The Balaban J connectivity index is 1.04. The van der Waals surface area contributed by atoms with Gasteiger partial charge in [0.1, 0.15) is 0 Å². The van der Waals surface area contributed by atoms with Gasteiger partial charge in [0, 0.05) is 57.0 Å². The third-order valence-electron chi connectivity index (χ3n) is 8.06. The number of allylic oxidation sites excluding steroid dienone is 1. The second-order valence-corrected chi connectivity index (χ2v) is 10.6. The third-order valence-corrected chi connectivity index (χ3v) is 8.06. The number of piperazine rings is 1. The lowest BCUT2D eigenvalue weighted by atomic mass is 10.0. The summed E-state index contributed by atoms with van der Waals surface area (Å²) < 4.78 is 0. The predicted octanol–water partition coefficient (Wildman–Crippen LogP) is 4.76. The van der Waals surface area contributed by atoms with E-state index in [-0.39, 0.29) is 0 Å². The van der Waals surface area contributed by atoms with Crippen molar-refractivity contribution in [3.63, 3.8) is 0 Å². The smallest absolute Gasteiger partial charge is 0.0372 e. The summed E-state index contributed by atoms with van der Waals surface area (Å²) in [5, 5.41) is 3.85. The van der Waals surface area contributed by atoms with Crippen LogP contribution < -0.4 is 10.2 Å². The molecule has 3 aliphatic rings. The molecule has 0 aromatic heterocycles. The van der Waals surface area contributed by atoms with Crippen molar-refractivity contribution in [3.8, 4) is 0 Å². The summed E-state index contributed by atoms with van der Waals surface area (Å²) in [7, 11) is 0. The van der Waals surface area contributed by atoms with Crippen LogP contribution in [0.2, 0.25) is 0 Å². The summed E-state index contributed by atoms with van der Waals surface area (Å²) in [4.78, 5) is 7.83. The minimum Gasteiger partial charge on any atom is -0.371 e. The molecule has 2 heterocycles. The van der Waals surface area contributed by atoms with Gasteiger partial charge in [-0.05, 0) is 87.0 Å². The Kier molecular flexibility index (Phi) is 7.68. The van der Waals surface area contributed by atoms with Crippen molar-refractivity contribution in [1.82, 2.24) is 15.1 Å². The van der Waals surface area contributed by atoms with Gasteiger partial charge < -0.3 is 15.1 Å². The van der Waals surface area contributed by atoms with E-state index in [2.05, 4.69) is 88.5 Å². The molecule has 4 heteroatoms. The Morgan fingerprint density at radius 1 is 0.912 bits per heavy atom. The van der Waals surface area contributed by atoms with Gasteiger partial charge in [-0.2, -0.15) is 0 Å². The molecule has 1 N–H and O–H groups in total. The van der Waals surface area contributed by atoms with Crippen molar-refractivity contribution in [1.29, 1.82) is 0 Å². The molecule has 0 amide bonds. The van der Waals surface area contributed by atoms with Crippen molar-refractivity contribution in [3.05, 3.63) is 65.2 Å². The number of hydrogen-bond donors (Lipinski definition) is 1. The number of hydrogen-bond acceptors (Lipinski definition) is 4. The molecule has 4 nitrogen and oxygen atoms in total. The Bertz CT molecular complexity index is 965. The van der Waals surface area contributed by atoms with Crippen LogP contribution >= 0.6 is 0 Å². The summed E-state index contributed by atoms with van der Waals surface area (Å²) in [6.45, 7) is 14.3. The molecule has 182 valence electrons. The van der Waals surface area contributed by atoms with Gasteiger partial charge in [-0.15, -0.1) is 0 Å². The van der Waals surface area contributed by atoms with E-state index in [9.17, 15) is 0 Å². The quantitative estimate of drug-likeness (QED) is 0.576. The number of nitrogens with zero attached hydrogens (tertiary/aromatic N) is 3. The van der Waals surface area contributed by atoms with E-state index >= 15 is 0 Å². The lowest BCUT2D eigenvalue weighted by molar-refractivity contribution is 0.107. The van der Waals surface area contributed by atoms with Gasteiger partial charge in [0.25, 0.3) is 0 Å². The van der Waals surface area contributed by atoms with Gasteiger partial charge in [0.2, 0.25) is 0 Å². The average Bonchev–Trinajstić information content (AvgIpc) is 3.32. The van der Waals surface area contributed by atoms with Gasteiger partial charge in [-0.3, -0.25) is 4.90 Å². The van der Waals surface area contributed by atoms with E-state index in [0.29, 0.717) is 12.1 Å². The minimum absolute atomic E-state index is 0.671. The zero-order valence-corrected chi connectivity index (χ0v) is 21.2. The molecule has 0 radical (unpaired) electrons. The fourth-order valence-corrected chi connectivity index (χ4v) is 5.82. The maximum atomic E-state index is 3.85. The van der Waals surface area contributed by atoms with Crippen LogP contribution in [-0.4, -0.2) is 74.2 Å². The zero-order valence-electron chi connectivity index (χ0n) is 21.2. The maximum Gasteiger partial charge on any atom is 0.0372 e. The van der Waals surface area contributed by atoms with E-state index < -0.39 is 0 Å². The summed E-state index contributed by atoms with van der Waals surface area (Å²) in [5.74, 6) is 0. The van der Waals surface area contributed by atoms with Crippen molar-refractivity contribution in [2.45, 2.75) is 51.6 Å². The van der Waals surface area contributed by atoms with Gasteiger partial charge in [-0.1, -0.05) is 42.5 Å². The Hall–Kier alpha value is -2.14. The van der Waals surface area contributed by atoms with Crippen LogP contribution in [0, 0.1) is 0 Å². The molecule has 5 rings (SSSR count). The Morgan fingerprint density at radius 3 is 2.47 bits per heavy atom. The Labute approximate surface area is 206 Å². The third kappa shape index (κ3) is 5.73. The van der Waals surface area contributed by atoms with Crippen LogP contribution in [0.25, 0.3) is 11.6 Å². The molecule has 2 saturated heterocycles. The fraction of sp³-hybridized carbons (Fsp3) is 0.533. The SMILES string of the molecule is CC(C)N1CCN(CCCNC2CCN(c3cccc(C4=Cc5ccccc5C4)c3)CC2)CC1. The van der Waals surface area contributed by atoms with Gasteiger partial charge in [0.05, 0.1) is 0 Å². The maximum absolute atomic E-state index is 3.85. The highest BCUT2D eigenvalue weighted by Crippen LogP contribution is 2.33. The van der Waals surface area contributed by atoms with E-state index in [1.807, 2.05) is 0 Å². The molecule has 2 aromatic rings. The lowest BCUT2D eigenvalue weighted by Gasteiger charge is -2.37. The van der Waals surface area contributed by atoms with Crippen molar-refractivity contribution >= 4 is 17.3 Å². The monoisotopic (exact) mass is 458 g/mol. The molecular formula is C30H42N4. The highest BCUT2D eigenvalue weighted by atomic mass is 15.3.